The van der Waals surface area contributed by atoms with Crippen molar-refractivity contribution in [1.82, 2.24) is 4.98 Å². The number of pyridine rings is 1. The van der Waals surface area contributed by atoms with Gasteiger partial charge in [0.15, 0.2) is 11.6 Å². The zero-order valence-corrected chi connectivity index (χ0v) is 19.4. The van der Waals surface area contributed by atoms with E-state index in [1.165, 1.54) is 0 Å². The molecular formula is C31H20N2O3. The zero-order chi connectivity index (χ0) is 24.8. The molecule has 172 valence electrons. The second kappa shape index (κ2) is 8.40. The summed E-state index contributed by atoms with van der Waals surface area (Å²) in [4.78, 5) is 44.9. The minimum atomic E-state index is -0.379. The van der Waals surface area contributed by atoms with Gasteiger partial charge in [-0.05, 0) is 30.7 Å². The molecule has 0 saturated heterocycles. The smallest absolute Gasteiger partial charge is 0.256 e. The Morgan fingerprint density at radius 3 is 2.11 bits per heavy atom. The zero-order valence-electron chi connectivity index (χ0n) is 19.4. The molecule has 6 rings (SSSR count). The van der Waals surface area contributed by atoms with E-state index >= 15 is 0 Å². The number of rotatable bonds is 3. The molecule has 1 N–H and O–H groups in total. The van der Waals surface area contributed by atoms with Crippen molar-refractivity contribution in [2.45, 2.75) is 6.92 Å². The number of carbonyl (C=O) groups is 3. The molecule has 5 aromatic rings. The number of nitrogens with one attached hydrogen (secondary N) is 1. The Kier molecular flexibility index (Phi) is 5.04. The lowest BCUT2D eigenvalue weighted by Gasteiger charge is -2.20. The number of aryl methyl sites for hydroxylation is 1. The molecule has 36 heavy (non-hydrogen) atoms. The van der Waals surface area contributed by atoms with E-state index < -0.39 is 0 Å². The molecule has 5 heteroatoms. The van der Waals surface area contributed by atoms with Gasteiger partial charge >= 0.3 is 0 Å². The molecule has 0 aliphatic heterocycles. The summed E-state index contributed by atoms with van der Waals surface area (Å²) in [5.74, 6) is -0.889. The number of nitrogens with zero attached hydrogens (tertiary/aromatic N) is 1. The fourth-order valence-corrected chi connectivity index (χ4v) is 4.80. The molecule has 0 fully saturated rings. The van der Waals surface area contributed by atoms with Gasteiger partial charge in [-0.1, -0.05) is 78.9 Å². The van der Waals surface area contributed by atoms with Crippen molar-refractivity contribution in [1.29, 1.82) is 0 Å². The highest BCUT2D eigenvalue weighted by atomic mass is 16.2. The van der Waals surface area contributed by atoms with Crippen molar-refractivity contribution < 1.29 is 14.4 Å². The predicted molar refractivity (Wildman–Crippen MR) is 140 cm³/mol. The van der Waals surface area contributed by atoms with Gasteiger partial charge in [-0.15, -0.1) is 0 Å². The average Bonchev–Trinajstić information content (AvgIpc) is 2.91. The Morgan fingerprint density at radius 1 is 0.694 bits per heavy atom. The van der Waals surface area contributed by atoms with E-state index in [9.17, 15) is 14.4 Å². The summed E-state index contributed by atoms with van der Waals surface area (Å²) in [6, 6.07) is 28.8. The van der Waals surface area contributed by atoms with Crippen LogP contribution in [0.4, 0.5) is 5.69 Å². The maximum absolute atomic E-state index is 13.7. The SMILES string of the molecule is Cc1ccccc1-c1cc(C(=O)Nc2cccc3c2C(=O)c2ccccc2C3=O)c2ccccc2n1. The highest BCUT2D eigenvalue weighted by molar-refractivity contribution is 6.31. The molecule has 5 nitrogen and oxygen atoms in total. The van der Waals surface area contributed by atoms with Crippen LogP contribution in [0.1, 0.15) is 47.8 Å². The Labute approximate surface area is 207 Å². The van der Waals surface area contributed by atoms with Gasteiger partial charge in [0.1, 0.15) is 0 Å². The number of benzene rings is 4. The van der Waals surface area contributed by atoms with Gasteiger partial charge < -0.3 is 5.32 Å². The standard InChI is InChI=1S/C31H20N2O3/c1-18-9-2-3-10-19(18)27-17-24(20-11-6-7-15-25(20)32-27)31(36)33-26-16-8-14-23-28(26)30(35)22-13-5-4-12-21(22)29(23)34/h2-17H,1H3,(H,33,36). The summed E-state index contributed by atoms with van der Waals surface area (Å²) in [5.41, 5.74) is 5.33. The number of ketones is 2. The van der Waals surface area contributed by atoms with E-state index in [1.807, 2.05) is 55.5 Å². The van der Waals surface area contributed by atoms with Gasteiger partial charge in [-0.2, -0.15) is 0 Å². The molecule has 0 spiro atoms. The van der Waals surface area contributed by atoms with Crippen LogP contribution < -0.4 is 5.32 Å². The molecule has 0 unspecified atom stereocenters. The van der Waals surface area contributed by atoms with Crippen LogP contribution in [0.15, 0.2) is 97.1 Å². The molecule has 1 aliphatic carbocycles. The highest BCUT2D eigenvalue weighted by Gasteiger charge is 2.32. The van der Waals surface area contributed by atoms with Crippen molar-refractivity contribution in [2.24, 2.45) is 0 Å². The number of aromatic nitrogens is 1. The number of hydrogen-bond donors (Lipinski definition) is 1. The number of para-hydroxylation sites is 1. The van der Waals surface area contributed by atoms with Gasteiger partial charge in [-0.3, -0.25) is 14.4 Å². The van der Waals surface area contributed by atoms with Crippen LogP contribution in [-0.2, 0) is 0 Å². The summed E-state index contributed by atoms with van der Waals surface area (Å²) in [6.07, 6.45) is 0. The molecule has 0 bridgehead atoms. The van der Waals surface area contributed by atoms with Crippen molar-refractivity contribution in [3.8, 4) is 11.3 Å². The van der Waals surface area contributed by atoms with Crippen LogP contribution >= 0.6 is 0 Å². The normalized spacial score (nSPS) is 12.2. The van der Waals surface area contributed by atoms with Crippen molar-refractivity contribution in [2.75, 3.05) is 5.32 Å². The Balaban J connectivity index is 1.46. The molecule has 1 heterocycles. The molecule has 0 atom stereocenters. The van der Waals surface area contributed by atoms with E-state index in [-0.39, 0.29) is 28.6 Å². The number of carbonyl (C=O) groups excluding carboxylic acids is 3. The maximum Gasteiger partial charge on any atom is 0.256 e. The molecule has 0 radical (unpaired) electrons. The Morgan fingerprint density at radius 2 is 1.33 bits per heavy atom. The highest BCUT2D eigenvalue weighted by Crippen LogP contribution is 2.33. The van der Waals surface area contributed by atoms with Gasteiger partial charge in [0.05, 0.1) is 28.0 Å². The second-order valence-electron chi connectivity index (χ2n) is 8.77. The first-order valence-electron chi connectivity index (χ1n) is 11.6. The first-order valence-corrected chi connectivity index (χ1v) is 11.6. The summed E-state index contributed by atoms with van der Waals surface area (Å²) in [6.45, 7) is 2.00. The van der Waals surface area contributed by atoms with Gasteiger partial charge in [0, 0.05) is 27.6 Å². The van der Waals surface area contributed by atoms with Crippen molar-refractivity contribution >= 4 is 34.1 Å². The lowest BCUT2D eigenvalue weighted by molar-refractivity contribution is 0.0978. The lowest BCUT2D eigenvalue weighted by atomic mass is 9.83. The first-order chi connectivity index (χ1) is 17.5. The van der Waals surface area contributed by atoms with Crippen LogP contribution in [0.2, 0.25) is 0 Å². The second-order valence-corrected chi connectivity index (χ2v) is 8.77. The van der Waals surface area contributed by atoms with Crippen LogP contribution in [-0.4, -0.2) is 22.5 Å². The molecule has 1 aromatic heterocycles. The first kappa shape index (κ1) is 21.6. The monoisotopic (exact) mass is 468 g/mol. The largest absolute Gasteiger partial charge is 0.321 e. The summed E-state index contributed by atoms with van der Waals surface area (Å²) >= 11 is 0. The quantitative estimate of drug-likeness (QED) is 0.334. The minimum absolute atomic E-state index is 0.215. The number of amides is 1. The van der Waals surface area contributed by atoms with Gasteiger partial charge in [0.25, 0.3) is 5.91 Å². The van der Waals surface area contributed by atoms with Crippen LogP contribution in [0.25, 0.3) is 22.2 Å². The summed E-state index contributed by atoms with van der Waals surface area (Å²) in [5, 5.41) is 3.61. The number of anilines is 1. The van der Waals surface area contributed by atoms with Crippen molar-refractivity contribution in [3.63, 3.8) is 0 Å². The van der Waals surface area contributed by atoms with E-state index in [1.54, 1.807) is 48.5 Å². The Bertz CT molecular complexity index is 1740. The van der Waals surface area contributed by atoms with Crippen LogP contribution in [0, 0.1) is 6.92 Å². The Hall–Kier alpha value is -4.90. The van der Waals surface area contributed by atoms with Crippen molar-refractivity contribution in [3.05, 3.63) is 130 Å². The topological polar surface area (TPSA) is 76.1 Å². The molecule has 1 amide bonds. The fourth-order valence-electron chi connectivity index (χ4n) is 4.80. The van der Waals surface area contributed by atoms with E-state index in [2.05, 4.69) is 5.32 Å². The van der Waals surface area contributed by atoms with Gasteiger partial charge in [-0.25, -0.2) is 4.98 Å². The van der Waals surface area contributed by atoms with Crippen LogP contribution in [0.3, 0.4) is 0 Å². The molecular weight excluding hydrogens is 448 g/mol. The molecule has 1 aliphatic rings. The minimum Gasteiger partial charge on any atom is -0.321 e. The summed E-state index contributed by atoms with van der Waals surface area (Å²) < 4.78 is 0. The third-order valence-electron chi connectivity index (χ3n) is 6.58. The third-order valence-corrected chi connectivity index (χ3v) is 6.58. The maximum atomic E-state index is 13.7. The van der Waals surface area contributed by atoms with E-state index in [0.717, 1.165) is 11.1 Å². The summed E-state index contributed by atoms with van der Waals surface area (Å²) in [7, 11) is 0. The number of fused-ring (bicyclic) bond motifs is 3. The van der Waals surface area contributed by atoms with E-state index in [4.69, 9.17) is 4.98 Å². The number of hydrogen-bond acceptors (Lipinski definition) is 4. The predicted octanol–water partition coefficient (Wildman–Crippen LogP) is 6.24. The van der Waals surface area contributed by atoms with Gasteiger partial charge in [0.2, 0.25) is 0 Å². The average molecular weight is 469 g/mol. The lowest BCUT2D eigenvalue weighted by Crippen LogP contribution is -2.24. The van der Waals surface area contributed by atoms with E-state index in [0.29, 0.717) is 39.0 Å². The molecule has 4 aromatic carbocycles. The fraction of sp³-hybridized carbons (Fsp3) is 0.0323. The van der Waals surface area contributed by atoms with Crippen LogP contribution in [0.5, 0.6) is 0 Å². The molecule has 0 saturated carbocycles. The third kappa shape index (κ3) is 3.41.